The Kier molecular flexibility index (Phi) is 4.26. The first-order valence-corrected chi connectivity index (χ1v) is 9.62. The molecule has 7 nitrogen and oxygen atoms in total. The second-order valence-electron chi connectivity index (χ2n) is 6.85. The van der Waals surface area contributed by atoms with Crippen LogP contribution in [0.15, 0.2) is 59.4 Å². The lowest BCUT2D eigenvalue weighted by molar-refractivity contribution is 0.312. The number of ether oxygens (including phenoxy) is 1. The molecule has 0 aliphatic carbocycles. The molecule has 4 aromatic rings. The van der Waals surface area contributed by atoms with E-state index in [9.17, 15) is 4.79 Å². The van der Waals surface area contributed by atoms with E-state index >= 15 is 0 Å². The second kappa shape index (κ2) is 6.95. The first kappa shape index (κ1) is 17.8. The third-order valence-electron chi connectivity index (χ3n) is 5.04. The Labute approximate surface area is 171 Å². The number of hydrogen-bond acceptors (Lipinski definition) is 5. The predicted octanol–water partition coefficient (Wildman–Crippen LogP) is 3.02. The van der Waals surface area contributed by atoms with Crippen molar-refractivity contribution in [2.75, 3.05) is 18.9 Å². The molecule has 29 heavy (non-hydrogen) atoms. The molecule has 0 fully saturated rings. The Balaban J connectivity index is 1.81. The molecule has 0 amide bonds. The summed E-state index contributed by atoms with van der Waals surface area (Å²) in [7, 11) is 0. The molecule has 146 valence electrons. The highest BCUT2D eigenvalue weighted by Crippen LogP contribution is 2.37. The summed E-state index contributed by atoms with van der Waals surface area (Å²) in [5.74, 6) is 0.492. The highest BCUT2D eigenvalue weighted by atomic mass is 35.5. The van der Waals surface area contributed by atoms with Gasteiger partial charge in [-0.1, -0.05) is 35.9 Å². The van der Waals surface area contributed by atoms with Gasteiger partial charge in [-0.2, -0.15) is 4.98 Å². The molecule has 1 aliphatic heterocycles. The van der Waals surface area contributed by atoms with Crippen LogP contribution < -0.4 is 21.5 Å². The topological polar surface area (TPSA) is 98.0 Å². The summed E-state index contributed by atoms with van der Waals surface area (Å²) in [5.41, 5.74) is 9.20. The number of nitrogens with two attached hydrogens (primary N) is 1. The molecule has 1 atom stereocenters. The number of aromatic amines is 1. The van der Waals surface area contributed by atoms with E-state index in [2.05, 4.69) is 38.1 Å². The Hall–Kier alpha value is -3.29. The lowest BCUT2D eigenvalue weighted by Gasteiger charge is -2.21. The van der Waals surface area contributed by atoms with Gasteiger partial charge >= 0.3 is 5.69 Å². The normalized spacial score (nSPS) is 16.2. The minimum Gasteiger partial charge on any atom is -0.476 e. The Morgan fingerprint density at radius 3 is 2.90 bits per heavy atom. The first-order chi connectivity index (χ1) is 14.1. The van der Waals surface area contributed by atoms with E-state index in [0.29, 0.717) is 23.7 Å². The smallest absolute Gasteiger partial charge is 0.349 e. The molecule has 8 heteroatoms. The zero-order valence-corrected chi connectivity index (χ0v) is 16.1. The minimum atomic E-state index is -0.530. The van der Waals surface area contributed by atoms with Gasteiger partial charge < -0.3 is 20.4 Å². The van der Waals surface area contributed by atoms with Crippen molar-refractivity contribution in [3.05, 3.63) is 81.4 Å². The fourth-order valence-corrected chi connectivity index (χ4v) is 4.05. The SMILES string of the molecule is Nc1[nH]c(=O)nc2c1C(c1cc3ccccc3n1-c1cccc(Cl)c1)NCCO2. The van der Waals surface area contributed by atoms with Crippen LogP contribution in [0.25, 0.3) is 16.6 Å². The lowest BCUT2D eigenvalue weighted by atomic mass is 10.0. The summed E-state index contributed by atoms with van der Waals surface area (Å²) in [6.45, 7) is 0.961. The van der Waals surface area contributed by atoms with Gasteiger partial charge in [-0.25, -0.2) is 4.79 Å². The van der Waals surface area contributed by atoms with Crippen LogP contribution in [0, 0.1) is 0 Å². The summed E-state index contributed by atoms with van der Waals surface area (Å²) < 4.78 is 7.83. The first-order valence-electron chi connectivity index (χ1n) is 9.24. The van der Waals surface area contributed by atoms with Gasteiger partial charge in [0.2, 0.25) is 5.88 Å². The Bertz CT molecular complexity index is 1280. The molecule has 0 saturated heterocycles. The third-order valence-corrected chi connectivity index (χ3v) is 5.28. The van der Waals surface area contributed by atoms with E-state index in [4.69, 9.17) is 22.1 Å². The minimum absolute atomic E-state index is 0.238. The van der Waals surface area contributed by atoms with Crippen LogP contribution in [0.5, 0.6) is 5.88 Å². The number of aromatic nitrogens is 3. The van der Waals surface area contributed by atoms with Gasteiger partial charge in [-0.3, -0.25) is 4.98 Å². The molecule has 2 aromatic carbocycles. The van der Waals surface area contributed by atoms with Crippen LogP contribution in [0.1, 0.15) is 17.3 Å². The maximum atomic E-state index is 11.8. The van der Waals surface area contributed by atoms with Crippen molar-refractivity contribution in [3.63, 3.8) is 0 Å². The molecule has 5 rings (SSSR count). The van der Waals surface area contributed by atoms with E-state index in [-0.39, 0.29) is 17.7 Å². The van der Waals surface area contributed by atoms with Crippen molar-refractivity contribution in [1.29, 1.82) is 0 Å². The summed E-state index contributed by atoms with van der Waals surface area (Å²) in [6, 6.07) is 17.6. The lowest BCUT2D eigenvalue weighted by Crippen LogP contribution is -2.27. The number of para-hydroxylation sites is 1. The summed E-state index contributed by atoms with van der Waals surface area (Å²) in [4.78, 5) is 18.4. The van der Waals surface area contributed by atoms with Gasteiger partial charge in [0.1, 0.15) is 12.4 Å². The van der Waals surface area contributed by atoms with Gasteiger partial charge in [0.15, 0.2) is 0 Å². The fraction of sp³-hybridized carbons (Fsp3) is 0.143. The van der Waals surface area contributed by atoms with Crippen LogP contribution in [0.2, 0.25) is 5.02 Å². The molecule has 0 saturated carbocycles. The second-order valence-corrected chi connectivity index (χ2v) is 7.29. The number of hydrogen-bond donors (Lipinski definition) is 3. The molecule has 0 spiro atoms. The van der Waals surface area contributed by atoms with Gasteiger partial charge in [-0.15, -0.1) is 0 Å². The van der Waals surface area contributed by atoms with Crippen molar-refractivity contribution in [3.8, 4) is 11.6 Å². The maximum Gasteiger partial charge on any atom is 0.349 e. The van der Waals surface area contributed by atoms with E-state index in [1.807, 2.05) is 36.4 Å². The van der Waals surface area contributed by atoms with Crippen LogP contribution in [0.4, 0.5) is 5.82 Å². The summed E-state index contributed by atoms with van der Waals surface area (Å²) in [5, 5.41) is 5.20. The van der Waals surface area contributed by atoms with E-state index in [0.717, 1.165) is 22.3 Å². The monoisotopic (exact) mass is 407 g/mol. The molecular weight excluding hydrogens is 390 g/mol. The van der Waals surface area contributed by atoms with Crippen molar-refractivity contribution >= 4 is 28.3 Å². The van der Waals surface area contributed by atoms with Crippen LogP contribution >= 0.6 is 11.6 Å². The number of rotatable bonds is 2. The average Bonchev–Trinajstić information content (AvgIpc) is 2.95. The van der Waals surface area contributed by atoms with Gasteiger partial charge in [0.05, 0.1) is 17.1 Å². The molecular formula is C21H18ClN5O2. The highest BCUT2D eigenvalue weighted by molar-refractivity contribution is 6.30. The Morgan fingerprint density at radius 1 is 1.17 bits per heavy atom. The number of halogens is 1. The number of benzene rings is 2. The van der Waals surface area contributed by atoms with E-state index in [1.165, 1.54) is 0 Å². The number of nitrogen functional groups attached to an aromatic ring is 1. The van der Waals surface area contributed by atoms with E-state index < -0.39 is 5.69 Å². The largest absolute Gasteiger partial charge is 0.476 e. The average molecular weight is 408 g/mol. The van der Waals surface area contributed by atoms with Crippen LogP contribution in [-0.4, -0.2) is 27.7 Å². The summed E-state index contributed by atoms with van der Waals surface area (Å²) >= 11 is 6.28. The number of anilines is 1. The molecule has 2 aromatic heterocycles. The van der Waals surface area contributed by atoms with Crippen molar-refractivity contribution in [2.24, 2.45) is 0 Å². The third kappa shape index (κ3) is 3.04. The number of H-pyrrole nitrogens is 1. The van der Waals surface area contributed by atoms with E-state index in [1.54, 1.807) is 0 Å². The molecule has 1 unspecified atom stereocenters. The molecule has 3 heterocycles. The standard InChI is InChI=1S/C21H18ClN5O2/c22-13-5-3-6-14(11-13)27-15-7-2-1-4-12(15)10-16(27)18-17-19(23)25-21(28)26-20(17)29-9-8-24-18/h1-7,10-11,18,24H,8-9H2,(H3,23,25,26,28). The van der Waals surface area contributed by atoms with Crippen molar-refractivity contribution in [2.45, 2.75) is 6.04 Å². The quantitative estimate of drug-likeness (QED) is 0.474. The number of nitrogens with zero attached hydrogens (tertiary/aromatic N) is 2. The summed E-state index contributed by atoms with van der Waals surface area (Å²) in [6.07, 6.45) is 0. The van der Waals surface area contributed by atoms with Crippen molar-refractivity contribution in [1.82, 2.24) is 19.9 Å². The zero-order valence-electron chi connectivity index (χ0n) is 15.4. The van der Waals surface area contributed by atoms with Crippen molar-refractivity contribution < 1.29 is 4.74 Å². The van der Waals surface area contributed by atoms with Gasteiger partial charge in [-0.05, 0) is 30.3 Å². The number of fused-ring (bicyclic) bond motifs is 2. The molecule has 4 N–H and O–H groups in total. The predicted molar refractivity (Wildman–Crippen MR) is 113 cm³/mol. The molecule has 1 aliphatic rings. The maximum absolute atomic E-state index is 11.8. The van der Waals surface area contributed by atoms with Crippen LogP contribution in [-0.2, 0) is 0 Å². The van der Waals surface area contributed by atoms with Gasteiger partial charge in [0, 0.05) is 28.3 Å². The molecule has 0 bridgehead atoms. The van der Waals surface area contributed by atoms with Crippen LogP contribution in [0.3, 0.4) is 0 Å². The zero-order chi connectivity index (χ0) is 20.0. The van der Waals surface area contributed by atoms with Gasteiger partial charge in [0.25, 0.3) is 0 Å². The number of nitrogens with one attached hydrogen (secondary N) is 2. The Morgan fingerprint density at radius 2 is 2.03 bits per heavy atom. The fourth-order valence-electron chi connectivity index (χ4n) is 3.86. The molecule has 0 radical (unpaired) electrons. The highest BCUT2D eigenvalue weighted by Gasteiger charge is 2.29.